The van der Waals surface area contributed by atoms with Crippen LogP contribution in [0.25, 0.3) is 0 Å². The summed E-state index contributed by atoms with van der Waals surface area (Å²) in [5.74, 6) is -0.294. The molecule has 176 valence electrons. The van der Waals surface area contributed by atoms with E-state index < -0.39 is 28.0 Å². The summed E-state index contributed by atoms with van der Waals surface area (Å²) in [6, 6.07) is 10.1. The quantitative estimate of drug-likeness (QED) is 0.563. The molecular weight excluding hydrogens is 448 g/mol. The van der Waals surface area contributed by atoms with E-state index in [2.05, 4.69) is 10.0 Å². The minimum Gasteiger partial charge on any atom is -0.486 e. The zero-order chi connectivity index (χ0) is 23.4. The van der Waals surface area contributed by atoms with Crippen LogP contribution in [0.2, 0.25) is 0 Å². The third-order valence-corrected chi connectivity index (χ3v) is 6.95. The summed E-state index contributed by atoms with van der Waals surface area (Å²) in [4.78, 5) is 24.5. The second kappa shape index (κ2) is 9.80. The van der Waals surface area contributed by atoms with E-state index in [4.69, 9.17) is 14.2 Å². The summed E-state index contributed by atoms with van der Waals surface area (Å²) in [5, 5.41) is 2.75. The van der Waals surface area contributed by atoms with Crippen molar-refractivity contribution in [1.82, 2.24) is 4.72 Å². The Kier molecular flexibility index (Phi) is 6.85. The molecular formula is C23H26N2O7S. The molecule has 1 aliphatic carbocycles. The molecule has 1 amide bonds. The van der Waals surface area contributed by atoms with Crippen molar-refractivity contribution in [2.24, 2.45) is 0 Å². The Hall–Kier alpha value is -3.11. The lowest BCUT2D eigenvalue weighted by atomic mass is 10.1. The van der Waals surface area contributed by atoms with Crippen molar-refractivity contribution in [3.8, 4) is 11.5 Å². The Labute approximate surface area is 192 Å². The highest BCUT2D eigenvalue weighted by molar-refractivity contribution is 7.89. The molecule has 0 spiro atoms. The molecule has 1 aliphatic heterocycles. The van der Waals surface area contributed by atoms with Crippen molar-refractivity contribution in [2.45, 2.75) is 43.6 Å². The van der Waals surface area contributed by atoms with Crippen molar-refractivity contribution in [3.05, 3.63) is 47.5 Å². The summed E-state index contributed by atoms with van der Waals surface area (Å²) in [5.41, 5.74) is 3.18. The van der Waals surface area contributed by atoms with Gasteiger partial charge >= 0.3 is 5.97 Å². The number of aryl methyl sites for hydroxylation is 2. The lowest BCUT2D eigenvalue weighted by molar-refractivity contribution is -0.152. The summed E-state index contributed by atoms with van der Waals surface area (Å²) in [6.45, 7) is 2.05. The highest BCUT2D eigenvalue weighted by Crippen LogP contribution is 2.32. The molecule has 2 aliphatic rings. The number of fused-ring (bicyclic) bond motifs is 2. The largest absolute Gasteiger partial charge is 0.486 e. The number of rotatable bonds is 8. The minimum absolute atomic E-state index is 0.00205. The zero-order valence-electron chi connectivity index (χ0n) is 18.3. The lowest BCUT2D eigenvalue weighted by Gasteiger charge is -2.19. The van der Waals surface area contributed by atoms with E-state index in [1.807, 2.05) is 18.2 Å². The maximum atomic E-state index is 12.5. The van der Waals surface area contributed by atoms with Crippen molar-refractivity contribution in [1.29, 1.82) is 0 Å². The van der Waals surface area contributed by atoms with Crippen molar-refractivity contribution >= 4 is 27.6 Å². The molecule has 1 heterocycles. The first-order valence-electron chi connectivity index (χ1n) is 10.8. The van der Waals surface area contributed by atoms with Gasteiger partial charge < -0.3 is 19.5 Å². The number of benzene rings is 2. The van der Waals surface area contributed by atoms with Crippen molar-refractivity contribution < 1.29 is 32.2 Å². The van der Waals surface area contributed by atoms with Gasteiger partial charge in [-0.15, -0.1) is 0 Å². The first-order chi connectivity index (χ1) is 15.8. The molecule has 0 unspecified atom stereocenters. The molecule has 0 saturated carbocycles. The average molecular weight is 475 g/mol. The van der Waals surface area contributed by atoms with Crippen LogP contribution in [-0.4, -0.2) is 46.2 Å². The predicted octanol–water partition coefficient (Wildman–Crippen LogP) is 2.19. The molecule has 10 heteroatoms. The molecule has 0 radical (unpaired) electrons. The number of carbonyl (C=O) groups is 2. The second-order valence-corrected chi connectivity index (χ2v) is 9.68. The van der Waals surface area contributed by atoms with Crippen LogP contribution in [0.15, 0.2) is 41.3 Å². The van der Waals surface area contributed by atoms with Gasteiger partial charge in [0.05, 0.1) is 11.3 Å². The third-order valence-electron chi connectivity index (χ3n) is 5.49. The van der Waals surface area contributed by atoms with E-state index in [1.54, 1.807) is 0 Å². The molecule has 0 bridgehead atoms. The Morgan fingerprint density at radius 3 is 2.61 bits per heavy atom. The molecule has 2 aromatic rings. The molecule has 9 nitrogen and oxygen atoms in total. The number of anilines is 1. The van der Waals surface area contributed by atoms with Crippen LogP contribution in [0.4, 0.5) is 5.69 Å². The van der Waals surface area contributed by atoms with Crippen LogP contribution >= 0.6 is 0 Å². The van der Waals surface area contributed by atoms with Crippen LogP contribution in [0.1, 0.15) is 30.9 Å². The fourth-order valence-corrected chi connectivity index (χ4v) is 4.81. The molecule has 2 N–H and O–H groups in total. The van der Waals surface area contributed by atoms with Crippen LogP contribution in [0.5, 0.6) is 11.5 Å². The molecule has 2 aromatic carbocycles. The van der Waals surface area contributed by atoms with Gasteiger partial charge in [-0.3, -0.25) is 9.59 Å². The van der Waals surface area contributed by atoms with Gasteiger partial charge in [0, 0.05) is 18.3 Å². The molecule has 1 atom stereocenters. The van der Waals surface area contributed by atoms with E-state index >= 15 is 0 Å². The number of ether oxygens (including phenoxy) is 3. The van der Waals surface area contributed by atoms with Gasteiger partial charge in [0.15, 0.2) is 17.6 Å². The van der Waals surface area contributed by atoms with Gasteiger partial charge in [-0.05, 0) is 61.6 Å². The molecule has 0 aromatic heterocycles. The average Bonchev–Trinajstić information content (AvgIpc) is 3.26. The van der Waals surface area contributed by atoms with Crippen molar-refractivity contribution in [3.63, 3.8) is 0 Å². The number of carbonyl (C=O) groups excluding carboxylic acids is 2. The number of hydrogen-bond acceptors (Lipinski definition) is 7. The second-order valence-electron chi connectivity index (χ2n) is 7.91. The van der Waals surface area contributed by atoms with Gasteiger partial charge in [-0.25, -0.2) is 13.1 Å². The van der Waals surface area contributed by atoms with E-state index in [1.165, 1.54) is 36.2 Å². The molecule has 4 rings (SSSR count). The van der Waals surface area contributed by atoms with Gasteiger partial charge in [0.2, 0.25) is 10.0 Å². The summed E-state index contributed by atoms with van der Waals surface area (Å²) in [7, 11) is -3.85. The summed E-state index contributed by atoms with van der Waals surface area (Å²) < 4.78 is 43.3. The van der Waals surface area contributed by atoms with Crippen LogP contribution < -0.4 is 19.5 Å². The Morgan fingerprint density at radius 1 is 1.03 bits per heavy atom. The van der Waals surface area contributed by atoms with E-state index in [0.29, 0.717) is 30.4 Å². The molecule has 0 saturated heterocycles. The van der Waals surface area contributed by atoms with E-state index in [9.17, 15) is 18.0 Å². The standard InChI is InChI=1S/C23H26N2O7S/c1-15(23(27)25-18-6-5-16-3-2-4-17(16)13-18)32-22(26)9-10-24-33(28,29)19-7-8-20-21(14-19)31-12-11-30-20/h5-8,13-15,24H,2-4,9-12H2,1H3,(H,25,27)/t15-/m1/s1. The van der Waals surface area contributed by atoms with Crippen molar-refractivity contribution in [2.75, 3.05) is 25.1 Å². The van der Waals surface area contributed by atoms with Gasteiger partial charge in [0.25, 0.3) is 5.91 Å². The predicted molar refractivity (Wildman–Crippen MR) is 120 cm³/mol. The fourth-order valence-electron chi connectivity index (χ4n) is 3.76. The van der Waals surface area contributed by atoms with Gasteiger partial charge in [0.1, 0.15) is 13.2 Å². The smallest absolute Gasteiger partial charge is 0.307 e. The van der Waals surface area contributed by atoms with E-state index in [0.717, 1.165) is 19.3 Å². The Balaban J connectivity index is 1.24. The maximum Gasteiger partial charge on any atom is 0.307 e. The number of hydrogen-bond donors (Lipinski definition) is 2. The topological polar surface area (TPSA) is 120 Å². The summed E-state index contributed by atoms with van der Waals surface area (Å²) >= 11 is 0. The number of sulfonamides is 1. The summed E-state index contributed by atoms with van der Waals surface area (Å²) in [6.07, 6.45) is 1.92. The normalized spacial score (nSPS) is 15.4. The zero-order valence-corrected chi connectivity index (χ0v) is 19.1. The number of esters is 1. The maximum absolute atomic E-state index is 12.5. The highest BCUT2D eigenvalue weighted by Gasteiger charge is 2.22. The highest BCUT2D eigenvalue weighted by atomic mass is 32.2. The SMILES string of the molecule is C[C@@H](OC(=O)CCNS(=O)(=O)c1ccc2c(c1)OCCO2)C(=O)Nc1ccc2c(c1)CCC2. The van der Waals surface area contributed by atoms with Crippen LogP contribution in [-0.2, 0) is 37.2 Å². The Bertz CT molecular complexity index is 1160. The molecule has 0 fully saturated rings. The van der Waals surface area contributed by atoms with E-state index in [-0.39, 0.29) is 17.9 Å². The van der Waals surface area contributed by atoms with Gasteiger partial charge in [-0.2, -0.15) is 0 Å². The number of amides is 1. The lowest BCUT2D eigenvalue weighted by Crippen LogP contribution is -2.32. The fraction of sp³-hybridized carbons (Fsp3) is 0.391. The first kappa shape index (κ1) is 23.1. The third kappa shape index (κ3) is 5.63. The van der Waals surface area contributed by atoms with Crippen LogP contribution in [0.3, 0.4) is 0 Å². The van der Waals surface area contributed by atoms with Gasteiger partial charge in [-0.1, -0.05) is 6.07 Å². The monoisotopic (exact) mass is 474 g/mol. The number of nitrogens with one attached hydrogen (secondary N) is 2. The van der Waals surface area contributed by atoms with Crippen LogP contribution in [0, 0.1) is 0 Å². The first-order valence-corrected chi connectivity index (χ1v) is 12.3. The minimum atomic E-state index is -3.85. The molecule has 33 heavy (non-hydrogen) atoms. The Morgan fingerprint density at radius 2 is 1.79 bits per heavy atom.